The Morgan fingerprint density at radius 2 is 1.78 bits per heavy atom. The lowest BCUT2D eigenvalue weighted by atomic mass is 9.58. The van der Waals surface area contributed by atoms with Gasteiger partial charge in [-0.2, -0.15) is 0 Å². The van der Waals surface area contributed by atoms with Gasteiger partial charge in [-0.05, 0) is 44.3 Å². The van der Waals surface area contributed by atoms with E-state index in [9.17, 15) is 39.6 Å². The lowest BCUT2D eigenvalue weighted by molar-refractivity contribution is -0.148. The maximum atomic E-state index is 16.0. The lowest BCUT2D eigenvalue weighted by Gasteiger charge is -2.50. The Bertz CT molecular complexity index is 1440. The minimum atomic E-state index is -2.77. The number of halogens is 1. The van der Waals surface area contributed by atoms with E-state index >= 15 is 4.39 Å². The number of aliphatic hydroxyl groups is 3. The number of hydrogen-bond donors (Lipinski definition) is 5. The number of amides is 2. The fraction of sp³-hybridized carbons (Fsp3) is 0.517. The molecule has 1 aromatic carbocycles. The monoisotopic (exact) mass is 573 g/mol. The number of hydrogen-bond acceptors (Lipinski definition) is 9. The number of aromatic hydroxyl groups is 1. The van der Waals surface area contributed by atoms with Crippen molar-refractivity contribution in [3.8, 4) is 5.75 Å². The van der Waals surface area contributed by atoms with E-state index in [-0.39, 0.29) is 47.4 Å². The molecule has 0 radical (unpaired) electrons. The van der Waals surface area contributed by atoms with Gasteiger partial charge in [-0.15, -0.1) is 0 Å². The van der Waals surface area contributed by atoms with E-state index in [1.54, 1.807) is 0 Å². The van der Waals surface area contributed by atoms with Gasteiger partial charge in [-0.3, -0.25) is 24.1 Å². The smallest absolute Gasteiger partial charge is 0.255 e. The van der Waals surface area contributed by atoms with Crippen LogP contribution in [-0.2, 0) is 27.3 Å². The second-order valence-electron chi connectivity index (χ2n) is 12.6. The highest BCUT2D eigenvalue weighted by Crippen LogP contribution is 2.52. The molecule has 0 heterocycles. The van der Waals surface area contributed by atoms with E-state index < -0.39 is 75.2 Å². The van der Waals surface area contributed by atoms with Gasteiger partial charge in [0.25, 0.3) is 5.91 Å². The summed E-state index contributed by atoms with van der Waals surface area (Å²) in [4.78, 5) is 54.3. The van der Waals surface area contributed by atoms with Crippen molar-refractivity contribution in [3.05, 3.63) is 51.2 Å². The number of carbonyl (C=O) groups is 4. The van der Waals surface area contributed by atoms with Crippen molar-refractivity contribution >= 4 is 23.4 Å². The molecule has 41 heavy (non-hydrogen) atoms. The zero-order valence-corrected chi connectivity index (χ0v) is 23.9. The number of Topliss-reactive ketones (excluding diaryl/α,β-unsaturated/α-hetero) is 2. The van der Waals surface area contributed by atoms with E-state index in [1.165, 1.54) is 30.8 Å². The van der Waals surface area contributed by atoms with Crippen LogP contribution < -0.4 is 5.73 Å². The second kappa shape index (κ2) is 9.95. The number of allylic oxidation sites excluding steroid dienone is 1. The predicted octanol–water partition coefficient (Wildman–Crippen LogP) is 1.65. The van der Waals surface area contributed by atoms with E-state index in [0.717, 1.165) is 6.07 Å². The van der Waals surface area contributed by atoms with Crippen LogP contribution in [0, 0.1) is 23.1 Å². The SMILES string of the molecule is CC(=O)N(Cc1cc(O)c2c(c1F)C[C@H]1C[C@H]3[C@H](N(C)C)C(O)=C(C(N)=O)C(=O)[C@@]3(O)C(O)=C1C2=O)CC(C)(C)C. The summed E-state index contributed by atoms with van der Waals surface area (Å²) in [5, 5.41) is 44.6. The molecule has 0 saturated heterocycles. The molecule has 11 nitrogen and oxygen atoms in total. The molecular weight excluding hydrogens is 537 g/mol. The first-order chi connectivity index (χ1) is 18.8. The van der Waals surface area contributed by atoms with Crippen LogP contribution in [-0.4, -0.2) is 85.9 Å². The number of aliphatic hydroxyl groups excluding tert-OH is 2. The maximum Gasteiger partial charge on any atom is 0.255 e. The van der Waals surface area contributed by atoms with Gasteiger partial charge in [0.1, 0.15) is 28.7 Å². The van der Waals surface area contributed by atoms with Gasteiger partial charge in [-0.1, -0.05) is 20.8 Å². The third kappa shape index (κ3) is 4.68. The van der Waals surface area contributed by atoms with Crippen LogP contribution in [0.2, 0.25) is 0 Å². The summed E-state index contributed by atoms with van der Waals surface area (Å²) >= 11 is 0. The zero-order valence-electron chi connectivity index (χ0n) is 23.9. The zero-order chi connectivity index (χ0) is 30.9. The normalized spacial score (nSPS) is 26.1. The Morgan fingerprint density at radius 1 is 1.17 bits per heavy atom. The third-order valence-corrected chi connectivity index (χ3v) is 8.20. The van der Waals surface area contributed by atoms with Crippen molar-refractivity contribution in [2.75, 3.05) is 20.6 Å². The Hall–Kier alpha value is -3.77. The molecule has 3 aliphatic carbocycles. The molecule has 0 aliphatic heterocycles. The summed E-state index contributed by atoms with van der Waals surface area (Å²) in [5.74, 6) is -9.11. The number of rotatable bonds is 5. The van der Waals surface area contributed by atoms with Crippen LogP contribution in [0.5, 0.6) is 5.75 Å². The highest BCUT2D eigenvalue weighted by molar-refractivity contribution is 6.24. The van der Waals surface area contributed by atoms with Gasteiger partial charge in [0.05, 0.1) is 11.6 Å². The van der Waals surface area contributed by atoms with Gasteiger partial charge in [0, 0.05) is 42.6 Å². The number of phenolic OH excluding ortho intramolecular Hbond substituents is 1. The van der Waals surface area contributed by atoms with E-state index in [4.69, 9.17) is 5.73 Å². The quantitative estimate of drug-likeness (QED) is 0.327. The fourth-order valence-corrected chi connectivity index (χ4v) is 6.53. The number of fused-ring (bicyclic) bond motifs is 3. The Labute approximate surface area is 236 Å². The summed E-state index contributed by atoms with van der Waals surface area (Å²) in [7, 11) is 3.05. The number of ketones is 2. The van der Waals surface area contributed by atoms with Gasteiger partial charge in [0.2, 0.25) is 11.7 Å². The van der Waals surface area contributed by atoms with E-state index in [1.807, 2.05) is 20.8 Å². The van der Waals surface area contributed by atoms with Gasteiger partial charge >= 0.3 is 0 Å². The van der Waals surface area contributed by atoms with Crippen LogP contribution in [0.25, 0.3) is 0 Å². The van der Waals surface area contributed by atoms with Crippen LogP contribution in [0.1, 0.15) is 55.6 Å². The largest absolute Gasteiger partial charge is 0.510 e. The molecule has 0 aromatic heterocycles. The lowest BCUT2D eigenvalue weighted by Crippen LogP contribution is -2.63. The van der Waals surface area contributed by atoms with E-state index in [2.05, 4.69) is 0 Å². The van der Waals surface area contributed by atoms with Crippen LogP contribution in [0.3, 0.4) is 0 Å². The third-order valence-electron chi connectivity index (χ3n) is 8.20. The summed E-state index contributed by atoms with van der Waals surface area (Å²) in [6.45, 7) is 7.27. The molecule has 4 atom stereocenters. The number of nitrogens with two attached hydrogens (primary N) is 1. The molecule has 2 amide bonds. The van der Waals surface area contributed by atoms with Crippen molar-refractivity contribution in [1.29, 1.82) is 0 Å². The van der Waals surface area contributed by atoms with Crippen LogP contribution in [0.4, 0.5) is 4.39 Å². The molecule has 0 fully saturated rings. The predicted molar refractivity (Wildman–Crippen MR) is 144 cm³/mol. The highest BCUT2D eigenvalue weighted by atomic mass is 19.1. The van der Waals surface area contributed by atoms with Gasteiger partial charge < -0.3 is 31.1 Å². The molecule has 0 saturated carbocycles. The Kier molecular flexibility index (Phi) is 7.33. The van der Waals surface area contributed by atoms with Crippen LogP contribution in [0.15, 0.2) is 28.7 Å². The molecule has 12 heteroatoms. The summed E-state index contributed by atoms with van der Waals surface area (Å²) in [5.41, 5.74) is 0.463. The summed E-state index contributed by atoms with van der Waals surface area (Å²) in [6, 6.07) is -0.0885. The topological polar surface area (TPSA) is 182 Å². The van der Waals surface area contributed by atoms with Crippen molar-refractivity contribution in [3.63, 3.8) is 0 Å². The first kappa shape index (κ1) is 30.2. The number of phenols is 1. The molecule has 1 aromatic rings. The average Bonchev–Trinajstić information content (AvgIpc) is 2.82. The number of likely N-dealkylation sites (N-methyl/N-ethyl adjacent to an activating group) is 1. The number of nitrogens with zero attached hydrogens (tertiary/aromatic N) is 2. The van der Waals surface area contributed by atoms with Crippen molar-refractivity contribution < 1.29 is 44.0 Å². The fourth-order valence-electron chi connectivity index (χ4n) is 6.53. The maximum absolute atomic E-state index is 16.0. The first-order valence-electron chi connectivity index (χ1n) is 13.3. The van der Waals surface area contributed by atoms with Crippen molar-refractivity contribution in [2.45, 2.75) is 58.7 Å². The van der Waals surface area contributed by atoms with Crippen molar-refractivity contribution in [1.82, 2.24) is 9.80 Å². The number of benzene rings is 1. The van der Waals surface area contributed by atoms with Crippen molar-refractivity contribution in [2.24, 2.45) is 23.0 Å². The Balaban J connectivity index is 1.85. The summed E-state index contributed by atoms with van der Waals surface area (Å²) in [6.07, 6.45) is -0.332. The van der Waals surface area contributed by atoms with Gasteiger partial charge in [0.15, 0.2) is 11.4 Å². The molecular formula is C29H36FN3O8. The molecule has 6 N–H and O–H groups in total. The Morgan fingerprint density at radius 3 is 2.29 bits per heavy atom. The molecule has 0 bridgehead atoms. The average molecular weight is 574 g/mol. The molecule has 0 unspecified atom stereocenters. The highest BCUT2D eigenvalue weighted by Gasteiger charge is 2.63. The first-order valence-corrected chi connectivity index (χ1v) is 13.3. The van der Waals surface area contributed by atoms with Crippen LogP contribution >= 0.6 is 0 Å². The van der Waals surface area contributed by atoms with Gasteiger partial charge in [-0.25, -0.2) is 4.39 Å². The number of carbonyl (C=O) groups excluding carboxylic acids is 4. The minimum absolute atomic E-state index is 0.00292. The summed E-state index contributed by atoms with van der Waals surface area (Å²) < 4.78 is 16.0. The van der Waals surface area contributed by atoms with E-state index in [0.29, 0.717) is 6.54 Å². The molecule has 0 spiro atoms. The number of primary amides is 1. The molecule has 3 aliphatic rings. The second-order valence-corrected chi connectivity index (χ2v) is 12.6. The minimum Gasteiger partial charge on any atom is -0.510 e. The molecule has 222 valence electrons. The standard InChI is InChI=1S/C29H36FN3O8/c1-12(34)33(11-28(2,3)4)10-14-9-17(35)19-15(21(14)30)7-13-8-16-22(32(5)6)24(37)20(27(31)40)26(39)29(16,41)25(38)18(13)23(19)36/h9,13,16,22,35,37-38,41H,7-8,10-11H2,1-6H3,(H2,31,40)/t13-,16-,22-,29-/m0/s1. The molecule has 4 rings (SSSR count).